The van der Waals surface area contributed by atoms with Gasteiger partial charge in [-0.1, -0.05) is 18.2 Å². The molecule has 200 valence electrons. The summed E-state index contributed by atoms with van der Waals surface area (Å²) >= 11 is 0. The Hall–Kier alpha value is -4.47. The first kappa shape index (κ1) is 24.8. The predicted octanol–water partition coefficient (Wildman–Crippen LogP) is 3.18. The molecule has 39 heavy (non-hydrogen) atoms. The second-order valence-electron chi connectivity index (χ2n) is 10.1. The maximum atomic E-state index is 13.3. The van der Waals surface area contributed by atoms with Gasteiger partial charge in [-0.3, -0.25) is 24.5 Å². The number of likely N-dealkylation sites (tertiary alicyclic amines) is 1. The van der Waals surface area contributed by atoms with E-state index in [9.17, 15) is 19.2 Å². The van der Waals surface area contributed by atoms with Crippen molar-refractivity contribution >= 4 is 23.6 Å². The van der Waals surface area contributed by atoms with Crippen LogP contribution in [0.1, 0.15) is 58.6 Å². The van der Waals surface area contributed by atoms with E-state index in [0.717, 1.165) is 30.4 Å². The van der Waals surface area contributed by atoms with Gasteiger partial charge in [0.1, 0.15) is 18.4 Å². The molecule has 6 rings (SSSR count). The molecule has 0 aliphatic carbocycles. The molecular formula is C29H28N4O6. The zero-order valence-corrected chi connectivity index (χ0v) is 21.3. The number of carbonyl (C=O) groups excluding carboxylic acids is 4. The molecule has 0 radical (unpaired) electrons. The number of imide groups is 1. The molecule has 10 heteroatoms. The van der Waals surface area contributed by atoms with E-state index in [1.165, 1.54) is 11.1 Å². The molecule has 1 N–H and O–H groups in total. The molecule has 0 spiro atoms. The average molecular weight is 529 g/mol. The lowest BCUT2D eigenvalue weighted by molar-refractivity contribution is -0.136. The van der Waals surface area contributed by atoms with E-state index < -0.39 is 11.9 Å². The average Bonchev–Trinajstić information content (AvgIpc) is 3.57. The van der Waals surface area contributed by atoms with Crippen LogP contribution in [0.15, 0.2) is 59.1 Å². The highest BCUT2D eigenvalue weighted by Gasteiger charge is 2.39. The molecule has 0 bridgehead atoms. The van der Waals surface area contributed by atoms with Crippen LogP contribution in [0.2, 0.25) is 0 Å². The van der Waals surface area contributed by atoms with Crippen LogP contribution in [-0.4, -0.2) is 63.6 Å². The predicted molar refractivity (Wildman–Crippen MR) is 139 cm³/mol. The van der Waals surface area contributed by atoms with Crippen molar-refractivity contribution in [2.45, 2.75) is 50.7 Å². The van der Waals surface area contributed by atoms with E-state index in [2.05, 4.69) is 10.3 Å². The Morgan fingerprint density at radius 2 is 1.92 bits per heavy atom. The lowest BCUT2D eigenvalue weighted by Crippen LogP contribution is -2.52. The molecule has 1 unspecified atom stereocenters. The van der Waals surface area contributed by atoms with Gasteiger partial charge in [0.2, 0.25) is 23.5 Å². The number of benzene rings is 2. The standard InChI is InChI=1S/C29H28N4O6/c34-25-12-11-23(26(35)31-25)33-16-19-14-21(9-10-22(19)28(33)36)38-17-20-8-4-5-13-32(20)29(37)24-15-30-27(39-24)18-6-2-1-3-7-18/h1-3,6-7,9-10,14-15,20,23H,4-5,8,11-13,16-17H2,(H,31,34,35)/t20-,23?/m0/s1. The molecule has 0 saturated carbocycles. The Bertz CT molecular complexity index is 1430. The molecule has 2 aromatic carbocycles. The first-order valence-corrected chi connectivity index (χ1v) is 13.2. The fourth-order valence-corrected chi connectivity index (χ4v) is 5.50. The molecule has 4 heterocycles. The van der Waals surface area contributed by atoms with Crippen LogP contribution in [0.25, 0.3) is 11.5 Å². The van der Waals surface area contributed by atoms with E-state index in [1.54, 1.807) is 17.0 Å². The van der Waals surface area contributed by atoms with Crippen LogP contribution in [0.5, 0.6) is 5.75 Å². The van der Waals surface area contributed by atoms with Gasteiger partial charge in [-0.2, -0.15) is 0 Å². The number of rotatable bonds is 6. The zero-order chi connectivity index (χ0) is 26.9. The summed E-state index contributed by atoms with van der Waals surface area (Å²) in [5, 5.41) is 2.32. The molecule has 3 aliphatic heterocycles. The molecule has 3 aromatic rings. The minimum atomic E-state index is -0.660. The maximum absolute atomic E-state index is 13.3. The van der Waals surface area contributed by atoms with Gasteiger partial charge in [0.15, 0.2) is 0 Å². The molecule has 4 amide bonds. The van der Waals surface area contributed by atoms with E-state index in [1.807, 2.05) is 36.4 Å². The number of hydrogen-bond donors (Lipinski definition) is 1. The smallest absolute Gasteiger partial charge is 0.291 e. The molecule has 2 fully saturated rings. The summed E-state index contributed by atoms with van der Waals surface area (Å²) in [5.41, 5.74) is 2.11. The van der Waals surface area contributed by atoms with Crippen LogP contribution in [0, 0.1) is 0 Å². The second kappa shape index (κ2) is 10.4. The van der Waals surface area contributed by atoms with Gasteiger partial charge < -0.3 is 19.0 Å². The first-order valence-electron chi connectivity index (χ1n) is 13.2. The van der Waals surface area contributed by atoms with Gasteiger partial charge in [0.25, 0.3) is 11.8 Å². The number of aromatic nitrogens is 1. The third-order valence-electron chi connectivity index (χ3n) is 7.56. The van der Waals surface area contributed by atoms with Gasteiger partial charge in [-0.05, 0) is 61.6 Å². The van der Waals surface area contributed by atoms with Crippen LogP contribution < -0.4 is 10.1 Å². The molecule has 2 atom stereocenters. The summed E-state index contributed by atoms with van der Waals surface area (Å²) in [6.07, 6.45) is 4.70. The van der Waals surface area contributed by atoms with Crippen LogP contribution >= 0.6 is 0 Å². The fourth-order valence-electron chi connectivity index (χ4n) is 5.50. The summed E-state index contributed by atoms with van der Waals surface area (Å²) in [4.78, 5) is 57.7. The minimum absolute atomic E-state index is 0.133. The van der Waals surface area contributed by atoms with E-state index in [-0.39, 0.29) is 42.5 Å². The number of nitrogens with one attached hydrogen (secondary N) is 1. The van der Waals surface area contributed by atoms with Gasteiger partial charge in [-0.25, -0.2) is 4.98 Å². The highest BCUT2D eigenvalue weighted by atomic mass is 16.5. The second-order valence-corrected chi connectivity index (χ2v) is 10.1. The molecule has 2 saturated heterocycles. The van der Waals surface area contributed by atoms with Crippen molar-refractivity contribution in [1.29, 1.82) is 0 Å². The van der Waals surface area contributed by atoms with Gasteiger partial charge in [0.05, 0.1) is 12.2 Å². The monoisotopic (exact) mass is 528 g/mol. The number of oxazole rings is 1. The SMILES string of the molecule is O=C1CCC(N2Cc3cc(OC[C@@H]4CCCCN4C(=O)c4cnc(-c5ccccc5)o4)ccc3C2=O)C(=O)N1. The molecule has 1 aromatic heterocycles. The number of amides is 4. The third-order valence-corrected chi connectivity index (χ3v) is 7.56. The Balaban J connectivity index is 1.12. The van der Waals surface area contributed by atoms with Crippen molar-refractivity contribution < 1.29 is 28.3 Å². The summed E-state index contributed by atoms with van der Waals surface area (Å²) in [7, 11) is 0. The normalized spacial score (nSPS) is 21.1. The van der Waals surface area contributed by atoms with E-state index in [0.29, 0.717) is 36.8 Å². The van der Waals surface area contributed by atoms with Crippen LogP contribution in [-0.2, 0) is 16.1 Å². The number of piperidine rings is 2. The fraction of sp³-hybridized carbons (Fsp3) is 0.345. The summed E-state index contributed by atoms with van der Waals surface area (Å²) in [5.74, 6) is 0.0121. The number of fused-ring (bicyclic) bond motifs is 1. The lowest BCUT2D eigenvalue weighted by atomic mass is 10.0. The number of carbonyl (C=O) groups is 4. The molecule has 3 aliphatic rings. The molecule has 10 nitrogen and oxygen atoms in total. The van der Waals surface area contributed by atoms with Crippen molar-refractivity contribution in [1.82, 2.24) is 20.1 Å². The Labute approximate surface area is 224 Å². The first-order chi connectivity index (χ1) is 19.0. The highest BCUT2D eigenvalue weighted by molar-refractivity contribution is 6.05. The highest BCUT2D eigenvalue weighted by Crippen LogP contribution is 2.31. The summed E-state index contributed by atoms with van der Waals surface area (Å²) in [6.45, 7) is 1.18. The lowest BCUT2D eigenvalue weighted by Gasteiger charge is -2.34. The topological polar surface area (TPSA) is 122 Å². The quantitative estimate of drug-likeness (QED) is 0.488. The van der Waals surface area contributed by atoms with Crippen LogP contribution in [0.4, 0.5) is 0 Å². The van der Waals surface area contributed by atoms with Gasteiger partial charge in [0, 0.05) is 30.6 Å². The van der Waals surface area contributed by atoms with Crippen LogP contribution in [0.3, 0.4) is 0 Å². The summed E-state index contributed by atoms with van der Waals surface area (Å²) in [6, 6.07) is 13.9. The largest absolute Gasteiger partial charge is 0.491 e. The third kappa shape index (κ3) is 4.89. The van der Waals surface area contributed by atoms with Crippen molar-refractivity contribution in [3.05, 3.63) is 71.6 Å². The Morgan fingerprint density at radius 1 is 1.08 bits per heavy atom. The van der Waals surface area contributed by atoms with Crippen molar-refractivity contribution in [2.24, 2.45) is 0 Å². The maximum Gasteiger partial charge on any atom is 0.291 e. The number of hydrogen-bond acceptors (Lipinski definition) is 7. The van der Waals surface area contributed by atoms with E-state index in [4.69, 9.17) is 9.15 Å². The summed E-state index contributed by atoms with van der Waals surface area (Å²) < 4.78 is 11.9. The van der Waals surface area contributed by atoms with Gasteiger partial charge >= 0.3 is 0 Å². The van der Waals surface area contributed by atoms with Crippen molar-refractivity contribution in [3.8, 4) is 17.2 Å². The van der Waals surface area contributed by atoms with Gasteiger partial charge in [-0.15, -0.1) is 0 Å². The molecular weight excluding hydrogens is 500 g/mol. The van der Waals surface area contributed by atoms with Crippen molar-refractivity contribution in [3.63, 3.8) is 0 Å². The Morgan fingerprint density at radius 3 is 2.74 bits per heavy atom. The number of ether oxygens (including phenoxy) is 1. The number of nitrogens with zero attached hydrogens (tertiary/aromatic N) is 3. The Kier molecular flexibility index (Phi) is 6.60. The minimum Gasteiger partial charge on any atom is -0.491 e. The van der Waals surface area contributed by atoms with Crippen molar-refractivity contribution in [2.75, 3.05) is 13.2 Å². The van der Waals surface area contributed by atoms with E-state index >= 15 is 0 Å². The zero-order valence-electron chi connectivity index (χ0n) is 21.3.